The number of anilines is 1. The standard InChI is InChI=1S/C17H23NO5S/c1-2-23-17(22)15-11-7-5-3-4-6-8-12(11)24-16(15)18-13(19)9-10-14(20)21/h2-10H2,1H3,(H,18,19)(H,20,21)/p-1. The van der Waals surface area contributed by atoms with E-state index < -0.39 is 17.8 Å². The number of carboxylic acids is 1. The molecule has 1 amide bonds. The van der Waals surface area contributed by atoms with Gasteiger partial charge in [0.05, 0.1) is 12.2 Å². The fourth-order valence-corrected chi connectivity index (χ4v) is 4.13. The van der Waals surface area contributed by atoms with Gasteiger partial charge in [-0.2, -0.15) is 0 Å². The molecule has 7 heteroatoms. The Kier molecular flexibility index (Phi) is 6.78. The Labute approximate surface area is 145 Å². The van der Waals surface area contributed by atoms with Crippen molar-refractivity contribution in [3.63, 3.8) is 0 Å². The van der Waals surface area contributed by atoms with Crippen molar-refractivity contribution in [3.05, 3.63) is 16.0 Å². The van der Waals surface area contributed by atoms with Gasteiger partial charge in [0.25, 0.3) is 0 Å². The number of carbonyl (C=O) groups is 3. The summed E-state index contributed by atoms with van der Waals surface area (Å²) in [7, 11) is 0. The summed E-state index contributed by atoms with van der Waals surface area (Å²) in [6.07, 6.45) is 5.54. The number of carbonyl (C=O) groups excluding carboxylic acids is 3. The molecule has 0 radical (unpaired) electrons. The van der Waals surface area contributed by atoms with Gasteiger partial charge < -0.3 is 20.0 Å². The molecule has 1 aliphatic rings. The third-order valence-electron chi connectivity index (χ3n) is 3.96. The number of fused-ring (bicyclic) bond motifs is 1. The first-order valence-corrected chi connectivity index (χ1v) is 9.16. The number of esters is 1. The van der Waals surface area contributed by atoms with Gasteiger partial charge in [-0.25, -0.2) is 4.79 Å². The molecule has 0 aliphatic heterocycles. The van der Waals surface area contributed by atoms with Crippen LogP contribution in [-0.4, -0.2) is 24.5 Å². The Morgan fingerprint density at radius 1 is 1.12 bits per heavy atom. The number of hydrogen-bond acceptors (Lipinski definition) is 6. The molecule has 1 aliphatic carbocycles. The first kappa shape index (κ1) is 18.4. The SMILES string of the molecule is CCOC(=O)c1c(NC(=O)CCC(=O)[O-])sc2c1CCCCCC2. The summed E-state index contributed by atoms with van der Waals surface area (Å²) in [5, 5.41) is 13.7. The summed E-state index contributed by atoms with van der Waals surface area (Å²) in [5.74, 6) is -2.13. The molecule has 24 heavy (non-hydrogen) atoms. The zero-order chi connectivity index (χ0) is 17.5. The van der Waals surface area contributed by atoms with E-state index in [1.54, 1.807) is 6.92 Å². The van der Waals surface area contributed by atoms with E-state index in [0.717, 1.165) is 42.5 Å². The summed E-state index contributed by atoms with van der Waals surface area (Å²) in [4.78, 5) is 35.9. The van der Waals surface area contributed by atoms with Crippen LogP contribution >= 0.6 is 11.3 Å². The molecule has 1 aromatic rings. The minimum absolute atomic E-state index is 0.173. The molecular formula is C17H22NO5S-. The van der Waals surface area contributed by atoms with Gasteiger partial charge in [-0.3, -0.25) is 4.79 Å². The lowest BCUT2D eigenvalue weighted by Gasteiger charge is -2.11. The number of rotatable bonds is 6. The fraction of sp³-hybridized carbons (Fsp3) is 0.588. The molecule has 0 unspecified atom stereocenters. The maximum absolute atomic E-state index is 12.4. The third kappa shape index (κ3) is 4.80. The van der Waals surface area contributed by atoms with E-state index in [9.17, 15) is 19.5 Å². The zero-order valence-corrected chi connectivity index (χ0v) is 14.6. The predicted octanol–water partition coefficient (Wildman–Crippen LogP) is 2.05. The number of carboxylic acid groups (broad SMARTS) is 1. The smallest absolute Gasteiger partial charge is 0.341 e. The minimum Gasteiger partial charge on any atom is -0.550 e. The number of thiophene rings is 1. The topological polar surface area (TPSA) is 95.5 Å². The quantitative estimate of drug-likeness (QED) is 0.791. The molecule has 6 nitrogen and oxygen atoms in total. The normalized spacial score (nSPS) is 14.2. The second kappa shape index (κ2) is 8.82. The number of aliphatic carboxylic acids is 1. The van der Waals surface area contributed by atoms with E-state index in [4.69, 9.17) is 4.74 Å². The summed E-state index contributed by atoms with van der Waals surface area (Å²) >= 11 is 1.41. The number of nitrogens with one attached hydrogen (secondary N) is 1. The highest BCUT2D eigenvalue weighted by Gasteiger charge is 2.26. The first-order chi connectivity index (χ1) is 11.5. The van der Waals surface area contributed by atoms with Gasteiger partial charge >= 0.3 is 5.97 Å². The monoisotopic (exact) mass is 352 g/mol. The molecule has 2 rings (SSSR count). The van der Waals surface area contributed by atoms with Gasteiger partial charge in [0.1, 0.15) is 5.00 Å². The van der Waals surface area contributed by atoms with E-state index >= 15 is 0 Å². The van der Waals surface area contributed by atoms with Crippen molar-refractivity contribution >= 4 is 34.2 Å². The Hall–Kier alpha value is -1.89. The summed E-state index contributed by atoms with van der Waals surface area (Å²) in [5.41, 5.74) is 1.42. The van der Waals surface area contributed by atoms with Gasteiger partial charge in [0, 0.05) is 17.3 Å². The highest BCUT2D eigenvalue weighted by Crippen LogP contribution is 2.37. The highest BCUT2D eigenvalue weighted by molar-refractivity contribution is 7.17. The molecule has 0 aromatic carbocycles. The van der Waals surface area contributed by atoms with Crippen LogP contribution in [0.2, 0.25) is 0 Å². The van der Waals surface area contributed by atoms with E-state index in [1.165, 1.54) is 17.8 Å². The van der Waals surface area contributed by atoms with Crippen LogP contribution in [0.4, 0.5) is 5.00 Å². The van der Waals surface area contributed by atoms with Crippen molar-refractivity contribution in [2.75, 3.05) is 11.9 Å². The number of hydrogen-bond donors (Lipinski definition) is 1. The number of ether oxygens (including phenoxy) is 1. The van der Waals surface area contributed by atoms with Gasteiger partial charge in [-0.15, -0.1) is 11.3 Å². The van der Waals surface area contributed by atoms with Crippen LogP contribution in [0.5, 0.6) is 0 Å². The van der Waals surface area contributed by atoms with Crippen molar-refractivity contribution in [1.82, 2.24) is 0 Å². The Morgan fingerprint density at radius 2 is 1.83 bits per heavy atom. The lowest BCUT2D eigenvalue weighted by atomic mass is 9.96. The summed E-state index contributed by atoms with van der Waals surface area (Å²) in [6, 6.07) is 0. The van der Waals surface area contributed by atoms with Crippen LogP contribution in [0.3, 0.4) is 0 Å². The van der Waals surface area contributed by atoms with Crippen molar-refractivity contribution < 1.29 is 24.2 Å². The van der Waals surface area contributed by atoms with E-state index in [1.807, 2.05) is 0 Å². The minimum atomic E-state index is -1.27. The largest absolute Gasteiger partial charge is 0.550 e. The van der Waals surface area contributed by atoms with Crippen LogP contribution in [0.1, 0.15) is 66.2 Å². The molecule has 0 bridgehead atoms. The lowest BCUT2D eigenvalue weighted by Crippen LogP contribution is -2.24. The van der Waals surface area contributed by atoms with Crippen molar-refractivity contribution in [2.45, 2.75) is 58.3 Å². The van der Waals surface area contributed by atoms with Crippen molar-refractivity contribution in [3.8, 4) is 0 Å². The van der Waals surface area contributed by atoms with E-state index in [-0.39, 0.29) is 19.4 Å². The second-order valence-electron chi connectivity index (χ2n) is 5.76. The van der Waals surface area contributed by atoms with Gasteiger partial charge in [-0.1, -0.05) is 12.8 Å². The molecule has 0 spiro atoms. The summed E-state index contributed by atoms with van der Waals surface area (Å²) in [6.45, 7) is 2.01. The Bertz CT molecular complexity index is 623. The molecule has 0 atom stereocenters. The van der Waals surface area contributed by atoms with Crippen LogP contribution in [-0.2, 0) is 27.2 Å². The third-order valence-corrected chi connectivity index (χ3v) is 5.17. The van der Waals surface area contributed by atoms with Gasteiger partial charge in [0.2, 0.25) is 5.91 Å². The molecule has 132 valence electrons. The van der Waals surface area contributed by atoms with E-state index in [0.29, 0.717) is 10.6 Å². The molecule has 0 saturated carbocycles. The van der Waals surface area contributed by atoms with Crippen molar-refractivity contribution in [1.29, 1.82) is 0 Å². The zero-order valence-electron chi connectivity index (χ0n) is 13.8. The summed E-state index contributed by atoms with van der Waals surface area (Å²) < 4.78 is 5.16. The van der Waals surface area contributed by atoms with Crippen LogP contribution in [0.15, 0.2) is 0 Å². The average molecular weight is 352 g/mol. The van der Waals surface area contributed by atoms with Crippen LogP contribution in [0, 0.1) is 0 Å². The highest BCUT2D eigenvalue weighted by atomic mass is 32.1. The number of aryl methyl sites for hydroxylation is 1. The Morgan fingerprint density at radius 3 is 2.50 bits per heavy atom. The average Bonchev–Trinajstić information content (AvgIpc) is 2.82. The van der Waals surface area contributed by atoms with Crippen LogP contribution in [0.25, 0.3) is 0 Å². The predicted molar refractivity (Wildman–Crippen MR) is 89.0 cm³/mol. The number of amides is 1. The van der Waals surface area contributed by atoms with Gasteiger partial charge in [-0.05, 0) is 44.6 Å². The molecule has 1 heterocycles. The van der Waals surface area contributed by atoms with Crippen LogP contribution < -0.4 is 10.4 Å². The lowest BCUT2D eigenvalue weighted by molar-refractivity contribution is -0.305. The molecule has 0 saturated heterocycles. The molecular weight excluding hydrogens is 330 g/mol. The molecule has 0 fully saturated rings. The van der Waals surface area contributed by atoms with Crippen molar-refractivity contribution in [2.24, 2.45) is 0 Å². The Balaban J connectivity index is 2.27. The molecule has 1 N–H and O–H groups in total. The second-order valence-corrected chi connectivity index (χ2v) is 6.87. The van der Waals surface area contributed by atoms with Gasteiger partial charge in [0.15, 0.2) is 0 Å². The molecule has 1 aromatic heterocycles. The first-order valence-electron chi connectivity index (χ1n) is 8.34. The fourth-order valence-electron chi connectivity index (χ4n) is 2.83. The van der Waals surface area contributed by atoms with E-state index in [2.05, 4.69) is 5.32 Å². The maximum atomic E-state index is 12.4. The maximum Gasteiger partial charge on any atom is 0.341 e.